The molecule has 6 nitrogen and oxygen atoms in total. The second-order valence-electron chi connectivity index (χ2n) is 6.75. The van der Waals surface area contributed by atoms with Crippen LogP contribution in [0.25, 0.3) is 0 Å². The zero-order valence-corrected chi connectivity index (χ0v) is 17.5. The molecule has 0 spiro atoms. The first-order valence-corrected chi connectivity index (χ1v) is 9.96. The van der Waals surface area contributed by atoms with Crippen LogP contribution in [-0.2, 0) is 6.54 Å². The lowest BCUT2D eigenvalue weighted by Gasteiger charge is -2.30. The van der Waals surface area contributed by atoms with Gasteiger partial charge in [-0.15, -0.1) is 0 Å². The van der Waals surface area contributed by atoms with Crippen LogP contribution in [0, 0.1) is 0 Å². The molecule has 0 aliphatic carbocycles. The van der Waals surface area contributed by atoms with Gasteiger partial charge < -0.3 is 24.3 Å². The van der Waals surface area contributed by atoms with E-state index in [1.165, 1.54) is 0 Å². The highest BCUT2D eigenvalue weighted by atomic mass is 32.1. The van der Waals surface area contributed by atoms with Gasteiger partial charge in [-0.1, -0.05) is 6.07 Å². The van der Waals surface area contributed by atoms with Crippen LogP contribution in [0.4, 0.5) is 5.69 Å². The molecular weight excluding hydrogens is 384 g/mol. The van der Waals surface area contributed by atoms with Crippen LogP contribution in [-0.4, -0.2) is 28.9 Å². The van der Waals surface area contributed by atoms with E-state index in [1.807, 2.05) is 42.6 Å². The van der Waals surface area contributed by atoms with Gasteiger partial charge in [0.15, 0.2) is 5.11 Å². The second-order valence-corrected chi connectivity index (χ2v) is 7.14. The summed E-state index contributed by atoms with van der Waals surface area (Å²) >= 11 is 5.80. The Morgan fingerprint density at radius 3 is 2.66 bits per heavy atom. The zero-order valence-electron chi connectivity index (χ0n) is 16.7. The Bertz CT molecular complexity index is 1010. The third kappa shape index (κ3) is 3.42. The highest BCUT2D eigenvalue weighted by molar-refractivity contribution is 7.80. The smallest absolute Gasteiger partial charge is 0.174 e. The molecule has 1 aromatic carbocycles. The highest BCUT2D eigenvalue weighted by Gasteiger charge is 2.43. The first-order chi connectivity index (χ1) is 14.2. The van der Waals surface area contributed by atoms with Gasteiger partial charge in [0.05, 0.1) is 31.6 Å². The van der Waals surface area contributed by atoms with E-state index in [0.717, 1.165) is 35.1 Å². The monoisotopic (exact) mass is 408 g/mol. The fourth-order valence-corrected chi connectivity index (χ4v) is 4.22. The van der Waals surface area contributed by atoms with Crippen molar-refractivity contribution in [3.05, 3.63) is 72.3 Å². The maximum absolute atomic E-state index is 5.80. The first kappa shape index (κ1) is 19.3. The summed E-state index contributed by atoms with van der Waals surface area (Å²) in [4.78, 5) is 6.71. The van der Waals surface area contributed by atoms with E-state index >= 15 is 0 Å². The molecule has 7 heteroatoms. The normalized spacial score (nSPS) is 18.6. The maximum Gasteiger partial charge on any atom is 0.174 e. The van der Waals surface area contributed by atoms with Crippen molar-refractivity contribution in [3.8, 4) is 11.5 Å². The van der Waals surface area contributed by atoms with Crippen LogP contribution >= 0.6 is 12.2 Å². The van der Waals surface area contributed by atoms with Gasteiger partial charge in [0.1, 0.15) is 17.5 Å². The van der Waals surface area contributed by atoms with Gasteiger partial charge in [-0.2, -0.15) is 0 Å². The van der Waals surface area contributed by atoms with Gasteiger partial charge in [-0.3, -0.25) is 4.98 Å². The molecule has 4 rings (SSSR count). The first-order valence-electron chi connectivity index (χ1n) is 9.55. The van der Waals surface area contributed by atoms with Crippen molar-refractivity contribution >= 4 is 23.0 Å². The molecule has 3 heterocycles. The van der Waals surface area contributed by atoms with E-state index in [1.54, 1.807) is 14.2 Å². The molecule has 0 amide bonds. The van der Waals surface area contributed by atoms with E-state index in [2.05, 4.69) is 45.0 Å². The molecule has 0 radical (unpaired) electrons. The van der Waals surface area contributed by atoms with Gasteiger partial charge in [-0.25, -0.2) is 0 Å². The fourth-order valence-electron chi connectivity index (χ4n) is 3.88. The molecule has 1 aliphatic heterocycles. The van der Waals surface area contributed by atoms with Crippen LogP contribution in [0.2, 0.25) is 0 Å². The number of aromatic nitrogens is 2. The van der Waals surface area contributed by atoms with Crippen LogP contribution in [0.15, 0.2) is 60.9 Å². The largest absolute Gasteiger partial charge is 0.497 e. The number of benzene rings is 1. The maximum atomic E-state index is 5.80. The lowest BCUT2D eigenvalue weighted by atomic mass is 10.0. The Labute approximate surface area is 176 Å². The molecule has 1 N–H and O–H groups in total. The van der Waals surface area contributed by atoms with E-state index in [-0.39, 0.29) is 12.1 Å². The molecule has 3 aromatic rings. The SMILES string of the molecule is CCn1cccc1[C@@H]1[C@H](c2ccccn2)NC(=S)N1c1cc(OC)ccc1OC. The third-order valence-corrected chi connectivity index (χ3v) is 5.57. The predicted molar refractivity (Wildman–Crippen MR) is 118 cm³/mol. The molecular formula is C22H24N4O2S. The summed E-state index contributed by atoms with van der Waals surface area (Å²) in [6.45, 7) is 3.00. The van der Waals surface area contributed by atoms with E-state index in [4.69, 9.17) is 21.7 Å². The van der Waals surface area contributed by atoms with Crippen molar-refractivity contribution in [3.63, 3.8) is 0 Å². The second kappa shape index (κ2) is 8.13. The van der Waals surface area contributed by atoms with Crippen molar-refractivity contribution in [2.45, 2.75) is 25.6 Å². The Morgan fingerprint density at radius 2 is 1.97 bits per heavy atom. The minimum absolute atomic E-state index is 0.0895. The molecule has 2 atom stereocenters. The average molecular weight is 409 g/mol. The van der Waals surface area contributed by atoms with Gasteiger partial charge in [0, 0.05) is 30.7 Å². The van der Waals surface area contributed by atoms with Crippen molar-refractivity contribution in [1.82, 2.24) is 14.9 Å². The fraction of sp³-hybridized carbons (Fsp3) is 0.273. The molecule has 29 heavy (non-hydrogen) atoms. The van der Waals surface area contributed by atoms with Gasteiger partial charge in [0.2, 0.25) is 0 Å². The van der Waals surface area contributed by atoms with E-state index < -0.39 is 0 Å². The van der Waals surface area contributed by atoms with Gasteiger partial charge in [0.25, 0.3) is 0 Å². The topological polar surface area (TPSA) is 51.6 Å². The zero-order chi connectivity index (χ0) is 20.4. The minimum Gasteiger partial charge on any atom is -0.497 e. The molecule has 2 aromatic heterocycles. The van der Waals surface area contributed by atoms with Gasteiger partial charge >= 0.3 is 0 Å². The molecule has 150 valence electrons. The Morgan fingerprint density at radius 1 is 1.10 bits per heavy atom. The summed E-state index contributed by atoms with van der Waals surface area (Å²) in [5.74, 6) is 1.48. The van der Waals surface area contributed by atoms with Crippen LogP contribution in [0.1, 0.15) is 30.4 Å². The lowest BCUT2D eigenvalue weighted by Crippen LogP contribution is -2.30. The molecule has 1 aliphatic rings. The van der Waals surface area contributed by atoms with Crippen molar-refractivity contribution in [2.24, 2.45) is 0 Å². The van der Waals surface area contributed by atoms with E-state index in [0.29, 0.717) is 5.11 Å². The number of thiocarbonyl (C=S) groups is 1. The summed E-state index contributed by atoms with van der Waals surface area (Å²) in [6.07, 6.45) is 3.90. The number of anilines is 1. The Kier molecular flexibility index (Phi) is 5.40. The number of nitrogens with zero attached hydrogens (tertiary/aromatic N) is 3. The lowest BCUT2D eigenvalue weighted by molar-refractivity contribution is 0.402. The number of hydrogen-bond donors (Lipinski definition) is 1. The summed E-state index contributed by atoms with van der Waals surface area (Å²) in [6, 6.07) is 15.7. The number of rotatable bonds is 6. The molecule has 0 unspecified atom stereocenters. The third-order valence-electron chi connectivity index (χ3n) is 5.25. The summed E-state index contributed by atoms with van der Waals surface area (Å²) in [7, 11) is 3.32. The van der Waals surface area contributed by atoms with Gasteiger partial charge in [-0.05, 0) is 55.5 Å². The number of aryl methyl sites for hydroxylation is 1. The van der Waals surface area contributed by atoms with Crippen molar-refractivity contribution < 1.29 is 9.47 Å². The number of pyridine rings is 1. The highest BCUT2D eigenvalue weighted by Crippen LogP contribution is 2.45. The molecule has 0 saturated carbocycles. The Hall–Kier alpha value is -3.06. The predicted octanol–water partition coefficient (Wildman–Crippen LogP) is 4.10. The minimum atomic E-state index is -0.0974. The van der Waals surface area contributed by atoms with Crippen LogP contribution in [0.3, 0.4) is 0 Å². The Balaban J connectivity index is 1.89. The number of hydrogen-bond acceptors (Lipinski definition) is 4. The number of ether oxygens (including phenoxy) is 2. The molecule has 1 fully saturated rings. The standard InChI is InChI=1S/C22H24N4O2S/c1-4-25-13-7-9-17(25)21-20(16-8-5-6-12-23-16)24-22(29)26(21)18-14-15(27-2)10-11-19(18)28-3/h5-14,20-21H,4H2,1-3H3,(H,24,29)/t20-,21+/m0/s1. The van der Waals surface area contributed by atoms with Crippen molar-refractivity contribution in [2.75, 3.05) is 19.1 Å². The van der Waals surface area contributed by atoms with Crippen LogP contribution < -0.4 is 19.7 Å². The van der Waals surface area contributed by atoms with Crippen LogP contribution in [0.5, 0.6) is 11.5 Å². The summed E-state index contributed by atoms with van der Waals surface area (Å²) < 4.78 is 13.4. The molecule has 0 bridgehead atoms. The van der Waals surface area contributed by atoms with Crippen molar-refractivity contribution in [1.29, 1.82) is 0 Å². The molecule has 1 saturated heterocycles. The average Bonchev–Trinajstić information content (AvgIpc) is 3.37. The quantitative estimate of drug-likeness (QED) is 0.620. The number of nitrogens with one attached hydrogen (secondary N) is 1. The van der Waals surface area contributed by atoms with E-state index in [9.17, 15) is 0 Å². The summed E-state index contributed by atoms with van der Waals surface area (Å²) in [5, 5.41) is 4.11. The number of methoxy groups -OCH3 is 2. The summed E-state index contributed by atoms with van der Waals surface area (Å²) in [5.41, 5.74) is 2.95.